The average Bonchev–Trinajstić information content (AvgIpc) is 2.48. The summed E-state index contributed by atoms with van der Waals surface area (Å²) in [5.41, 5.74) is 1.29. The Morgan fingerprint density at radius 2 is 2.43 bits per heavy atom. The van der Waals surface area contributed by atoms with Gasteiger partial charge in [0.15, 0.2) is 0 Å². The number of nitrogens with one attached hydrogen (secondary N) is 1. The van der Waals surface area contributed by atoms with Crippen LogP contribution in [0.2, 0.25) is 0 Å². The molecule has 0 radical (unpaired) electrons. The molecule has 1 amide bonds. The highest BCUT2D eigenvalue weighted by atomic mass is 16.3. The van der Waals surface area contributed by atoms with Gasteiger partial charge in [-0.2, -0.15) is 5.10 Å². The van der Waals surface area contributed by atoms with Crippen molar-refractivity contribution < 1.29 is 9.90 Å². The van der Waals surface area contributed by atoms with Crippen LogP contribution in [0.3, 0.4) is 0 Å². The van der Waals surface area contributed by atoms with Gasteiger partial charge in [0, 0.05) is 19.3 Å². The lowest BCUT2D eigenvalue weighted by atomic mass is 10.2. The summed E-state index contributed by atoms with van der Waals surface area (Å²) in [7, 11) is 1.65. The Balaban J connectivity index is 2.71. The van der Waals surface area contributed by atoms with Gasteiger partial charge in [0.1, 0.15) is 0 Å². The molecule has 5 heteroatoms. The molecule has 14 heavy (non-hydrogen) atoms. The standard InChI is InChI=1S/C9H15N3O2/c1-6(13)5-12(3)9(14)8-4-10-11-7(8)2/h4,6,13H,5H2,1-3H3,(H,10,11). The first-order chi connectivity index (χ1) is 6.52. The summed E-state index contributed by atoms with van der Waals surface area (Å²) >= 11 is 0. The van der Waals surface area contributed by atoms with Crippen LogP contribution in [-0.4, -0.2) is 45.8 Å². The summed E-state index contributed by atoms with van der Waals surface area (Å²) in [6, 6.07) is 0. The Bertz CT molecular complexity index is 320. The van der Waals surface area contributed by atoms with E-state index in [0.717, 1.165) is 5.69 Å². The minimum absolute atomic E-state index is 0.128. The average molecular weight is 197 g/mol. The van der Waals surface area contributed by atoms with Gasteiger partial charge in [-0.15, -0.1) is 0 Å². The Labute approximate surface area is 82.7 Å². The number of hydrogen-bond acceptors (Lipinski definition) is 3. The number of amides is 1. The first kappa shape index (κ1) is 10.7. The fourth-order valence-electron chi connectivity index (χ4n) is 1.25. The molecule has 1 heterocycles. The molecule has 0 aliphatic carbocycles. The SMILES string of the molecule is Cc1[nH]ncc1C(=O)N(C)CC(C)O. The number of carbonyl (C=O) groups excluding carboxylic acids is 1. The van der Waals surface area contributed by atoms with Gasteiger partial charge in [-0.1, -0.05) is 0 Å². The number of aryl methyl sites for hydroxylation is 1. The smallest absolute Gasteiger partial charge is 0.257 e. The van der Waals surface area contributed by atoms with Crippen molar-refractivity contribution in [3.63, 3.8) is 0 Å². The molecule has 1 aromatic rings. The predicted octanol–water partition coefficient (Wildman–Crippen LogP) is 0.171. The molecule has 1 unspecified atom stereocenters. The highest BCUT2D eigenvalue weighted by molar-refractivity contribution is 5.94. The van der Waals surface area contributed by atoms with Gasteiger partial charge in [0.2, 0.25) is 0 Å². The predicted molar refractivity (Wildman–Crippen MR) is 52.0 cm³/mol. The van der Waals surface area contributed by atoms with Gasteiger partial charge in [0.05, 0.1) is 17.9 Å². The highest BCUT2D eigenvalue weighted by Crippen LogP contribution is 2.06. The van der Waals surface area contributed by atoms with Crippen LogP contribution >= 0.6 is 0 Å². The van der Waals surface area contributed by atoms with Crippen LogP contribution in [0, 0.1) is 6.92 Å². The number of H-pyrrole nitrogens is 1. The van der Waals surface area contributed by atoms with Gasteiger partial charge in [0.25, 0.3) is 5.91 Å². The van der Waals surface area contributed by atoms with E-state index < -0.39 is 6.10 Å². The Kier molecular flexibility index (Phi) is 3.24. The van der Waals surface area contributed by atoms with Crippen molar-refractivity contribution in [2.45, 2.75) is 20.0 Å². The number of aliphatic hydroxyl groups is 1. The second kappa shape index (κ2) is 4.23. The topological polar surface area (TPSA) is 69.2 Å². The summed E-state index contributed by atoms with van der Waals surface area (Å²) in [5, 5.41) is 15.6. The number of hydrogen-bond donors (Lipinski definition) is 2. The van der Waals surface area contributed by atoms with E-state index in [0.29, 0.717) is 12.1 Å². The van der Waals surface area contributed by atoms with Gasteiger partial charge in [-0.3, -0.25) is 9.89 Å². The van der Waals surface area contributed by atoms with E-state index in [-0.39, 0.29) is 5.91 Å². The highest BCUT2D eigenvalue weighted by Gasteiger charge is 2.16. The first-order valence-electron chi connectivity index (χ1n) is 4.46. The van der Waals surface area contributed by atoms with Gasteiger partial charge >= 0.3 is 0 Å². The maximum atomic E-state index is 11.7. The molecule has 0 aliphatic heterocycles. The summed E-state index contributed by atoms with van der Waals surface area (Å²) in [6.45, 7) is 3.76. The lowest BCUT2D eigenvalue weighted by Gasteiger charge is -2.18. The number of aromatic amines is 1. The summed E-state index contributed by atoms with van der Waals surface area (Å²) < 4.78 is 0. The van der Waals surface area contributed by atoms with Crippen LogP contribution in [0.1, 0.15) is 23.0 Å². The summed E-state index contributed by atoms with van der Waals surface area (Å²) in [5.74, 6) is -0.128. The van der Waals surface area contributed by atoms with Gasteiger partial charge in [-0.25, -0.2) is 0 Å². The molecule has 5 nitrogen and oxygen atoms in total. The molecule has 0 fully saturated rings. The molecule has 0 saturated carbocycles. The van der Waals surface area contributed by atoms with E-state index in [2.05, 4.69) is 10.2 Å². The molecule has 1 atom stereocenters. The quantitative estimate of drug-likeness (QED) is 0.725. The summed E-state index contributed by atoms with van der Waals surface area (Å²) in [6.07, 6.45) is 0.979. The van der Waals surface area contributed by atoms with E-state index >= 15 is 0 Å². The van der Waals surface area contributed by atoms with Crippen molar-refractivity contribution >= 4 is 5.91 Å². The molecule has 1 aromatic heterocycles. The van der Waals surface area contributed by atoms with Crippen molar-refractivity contribution in [3.05, 3.63) is 17.5 Å². The van der Waals surface area contributed by atoms with Gasteiger partial charge < -0.3 is 10.0 Å². The molecular weight excluding hydrogens is 182 g/mol. The third-order valence-corrected chi connectivity index (χ3v) is 1.95. The van der Waals surface area contributed by atoms with E-state index in [1.54, 1.807) is 20.9 Å². The van der Waals surface area contributed by atoms with Crippen LogP contribution in [0.25, 0.3) is 0 Å². The van der Waals surface area contributed by atoms with Crippen molar-refractivity contribution in [2.75, 3.05) is 13.6 Å². The number of aromatic nitrogens is 2. The minimum atomic E-state index is -0.517. The second-order valence-corrected chi connectivity index (χ2v) is 3.44. The maximum absolute atomic E-state index is 11.7. The Morgan fingerprint density at radius 3 is 2.86 bits per heavy atom. The van der Waals surface area contributed by atoms with E-state index in [1.165, 1.54) is 11.1 Å². The zero-order chi connectivity index (χ0) is 10.7. The van der Waals surface area contributed by atoms with Crippen molar-refractivity contribution in [1.82, 2.24) is 15.1 Å². The number of likely N-dealkylation sites (N-methyl/N-ethyl adjacent to an activating group) is 1. The fraction of sp³-hybridized carbons (Fsp3) is 0.556. The van der Waals surface area contributed by atoms with Crippen molar-refractivity contribution in [3.8, 4) is 0 Å². The van der Waals surface area contributed by atoms with Crippen LogP contribution < -0.4 is 0 Å². The second-order valence-electron chi connectivity index (χ2n) is 3.44. The first-order valence-corrected chi connectivity index (χ1v) is 4.46. The lowest BCUT2D eigenvalue weighted by molar-refractivity contribution is 0.0703. The van der Waals surface area contributed by atoms with Gasteiger partial charge in [-0.05, 0) is 13.8 Å². The molecular formula is C9H15N3O2. The molecule has 0 bridgehead atoms. The number of nitrogens with zero attached hydrogens (tertiary/aromatic N) is 2. The molecule has 0 aliphatic rings. The largest absolute Gasteiger partial charge is 0.392 e. The fourth-order valence-corrected chi connectivity index (χ4v) is 1.25. The van der Waals surface area contributed by atoms with Crippen molar-refractivity contribution in [2.24, 2.45) is 0 Å². The molecule has 78 valence electrons. The normalized spacial score (nSPS) is 12.6. The van der Waals surface area contributed by atoms with Crippen LogP contribution in [0.5, 0.6) is 0 Å². The maximum Gasteiger partial charge on any atom is 0.257 e. The third kappa shape index (κ3) is 2.32. The third-order valence-electron chi connectivity index (χ3n) is 1.95. The molecule has 2 N–H and O–H groups in total. The number of carbonyl (C=O) groups is 1. The zero-order valence-corrected chi connectivity index (χ0v) is 8.61. The van der Waals surface area contributed by atoms with Crippen LogP contribution in [0.15, 0.2) is 6.20 Å². The van der Waals surface area contributed by atoms with E-state index in [4.69, 9.17) is 5.11 Å². The minimum Gasteiger partial charge on any atom is -0.392 e. The Morgan fingerprint density at radius 1 is 1.79 bits per heavy atom. The van der Waals surface area contributed by atoms with Crippen LogP contribution in [0.4, 0.5) is 0 Å². The molecule has 0 aromatic carbocycles. The van der Waals surface area contributed by atoms with Crippen molar-refractivity contribution in [1.29, 1.82) is 0 Å². The summed E-state index contributed by atoms with van der Waals surface area (Å²) in [4.78, 5) is 13.2. The monoisotopic (exact) mass is 197 g/mol. The molecule has 0 spiro atoms. The molecule has 0 saturated heterocycles. The van der Waals surface area contributed by atoms with E-state index in [1.807, 2.05) is 0 Å². The number of rotatable bonds is 3. The lowest BCUT2D eigenvalue weighted by Crippen LogP contribution is -2.33. The van der Waals surface area contributed by atoms with E-state index in [9.17, 15) is 4.79 Å². The number of aliphatic hydroxyl groups excluding tert-OH is 1. The molecule has 1 rings (SSSR count). The zero-order valence-electron chi connectivity index (χ0n) is 8.61. The Hall–Kier alpha value is -1.36. The van der Waals surface area contributed by atoms with Crippen LogP contribution in [-0.2, 0) is 0 Å².